The number of hydrogen-bond acceptors (Lipinski definition) is 2. The normalized spacial score (nSPS) is 13.7. The van der Waals surface area contributed by atoms with Gasteiger partial charge in [0.2, 0.25) is 0 Å². The van der Waals surface area contributed by atoms with E-state index in [0.717, 1.165) is 11.1 Å². The van der Waals surface area contributed by atoms with Gasteiger partial charge in [-0.05, 0) is 11.1 Å². The van der Waals surface area contributed by atoms with Gasteiger partial charge < -0.3 is 4.89 Å². The van der Waals surface area contributed by atoms with Crippen molar-refractivity contribution in [2.75, 3.05) is 0 Å². The lowest BCUT2D eigenvalue weighted by molar-refractivity contribution is 0.345. The standard InChI is InChI=1S/C15H15N2O2P/c16-13-20(18,19)17(11-14-7-3-1-4-8-14)12-15-9-5-2-6-10-15/h1-10H,11-12H2,(H,18,19). The van der Waals surface area contributed by atoms with Crippen molar-refractivity contribution in [3.63, 3.8) is 0 Å². The van der Waals surface area contributed by atoms with E-state index in [-0.39, 0.29) is 13.1 Å². The molecule has 0 aromatic heterocycles. The van der Waals surface area contributed by atoms with E-state index in [0.29, 0.717) is 0 Å². The van der Waals surface area contributed by atoms with Gasteiger partial charge in [-0.3, -0.25) is 4.57 Å². The fourth-order valence-corrected chi connectivity index (χ4v) is 2.74. The van der Waals surface area contributed by atoms with Crippen LogP contribution in [0.2, 0.25) is 0 Å². The van der Waals surface area contributed by atoms with E-state index >= 15 is 0 Å². The predicted molar refractivity (Wildman–Crippen MR) is 77.6 cm³/mol. The molecule has 1 atom stereocenters. The van der Waals surface area contributed by atoms with E-state index < -0.39 is 7.52 Å². The molecule has 0 saturated carbocycles. The topological polar surface area (TPSA) is 64.3 Å². The lowest BCUT2D eigenvalue weighted by atomic mass is 10.2. The van der Waals surface area contributed by atoms with Gasteiger partial charge in [0.1, 0.15) is 0 Å². The number of hydrogen-bond donors (Lipinski definition) is 1. The Kier molecular flexibility index (Phi) is 4.70. The van der Waals surface area contributed by atoms with E-state index in [2.05, 4.69) is 0 Å². The van der Waals surface area contributed by atoms with Gasteiger partial charge in [-0.25, -0.2) is 4.67 Å². The van der Waals surface area contributed by atoms with E-state index in [1.54, 1.807) is 0 Å². The third kappa shape index (κ3) is 3.79. The maximum atomic E-state index is 12.0. The molecule has 5 heteroatoms. The first-order valence-electron chi connectivity index (χ1n) is 6.19. The second kappa shape index (κ2) is 6.49. The smallest absolute Gasteiger partial charge is 0.323 e. The molecule has 20 heavy (non-hydrogen) atoms. The molecular formula is C15H15N2O2P. The van der Waals surface area contributed by atoms with Crippen LogP contribution >= 0.6 is 7.52 Å². The third-order valence-electron chi connectivity index (χ3n) is 2.93. The fourth-order valence-electron chi connectivity index (χ4n) is 1.90. The van der Waals surface area contributed by atoms with Gasteiger partial charge in [-0.2, -0.15) is 5.26 Å². The Morgan fingerprint density at radius 1 is 0.950 bits per heavy atom. The summed E-state index contributed by atoms with van der Waals surface area (Å²) < 4.78 is 13.3. The molecule has 0 radical (unpaired) electrons. The molecule has 0 aliphatic heterocycles. The Morgan fingerprint density at radius 3 is 1.70 bits per heavy atom. The van der Waals surface area contributed by atoms with Gasteiger partial charge >= 0.3 is 7.52 Å². The highest BCUT2D eigenvalue weighted by Crippen LogP contribution is 2.45. The molecular weight excluding hydrogens is 271 g/mol. The van der Waals surface area contributed by atoms with Gasteiger partial charge in [0, 0.05) is 13.1 Å². The molecule has 4 nitrogen and oxygen atoms in total. The summed E-state index contributed by atoms with van der Waals surface area (Å²) in [6, 6.07) is 18.7. The van der Waals surface area contributed by atoms with Crippen LogP contribution in [0.15, 0.2) is 60.7 Å². The average Bonchev–Trinajstić information content (AvgIpc) is 2.49. The van der Waals surface area contributed by atoms with Crippen molar-refractivity contribution >= 4 is 7.52 Å². The van der Waals surface area contributed by atoms with Crippen LogP contribution in [0.25, 0.3) is 0 Å². The highest BCUT2D eigenvalue weighted by molar-refractivity contribution is 7.60. The average molecular weight is 286 g/mol. The van der Waals surface area contributed by atoms with Gasteiger partial charge in [0.15, 0.2) is 5.81 Å². The lowest BCUT2D eigenvalue weighted by Gasteiger charge is -2.22. The second-order valence-electron chi connectivity index (χ2n) is 4.44. The van der Waals surface area contributed by atoms with Crippen LogP contribution < -0.4 is 0 Å². The molecule has 0 fully saturated rings. The summed E-state index contributed by atoms with van der Waals surface area (Å²) in [5.74, 6) is 1.52. The van der Waals surface area contributed by atoms with E-state index in [1.165, 1.54) is 10.5 Å². The van der Waals surface area contributed by atoms with Crippen molar-refractivity contribution in [3.8, 4) is 5.81 Å². The van der Waals surface area contributed by atoms with Crippen LogP contribution in [0.3, 0.4) is 0 Å². The van der Waals surface area contributed by atoms with Crippen LogP contribution in [0.5, 0.6) is 0 Å². The minimum absolute atomic E-state index is 0.261. The Bertz CT molecular complexity index is 596. The number of benzene rings is 2. The van der Waals surface area contributed by atoms with Crippen molar-refractivity contribution in [3.05, 3.63) is 71.8 Å². The summed E-state index contributed by atoms with van der Waals surface area (Å²) >= 11 is 0. The first-order valence-corrected chi connectivity index (χ1v) is 7.80. The molecule has 2 aromatic carbocycles. The minimum atomic E-state index is -3.98. The summed E-state index contributed by atoms with van der Waals surface area (Å²) in [6.07, 6.45) is 0. The highest BCUT2D eigenvalue weighted by atomic mass is 31.2. The molecule has 2 rings (SSSR count). The first kappa shape index (κ1) is 14.5. The number of nitriles is 1. The number of rotatable bonds is 5. The molecule has 0 spiro atoms. The largest absolute Gasteiger partial charge is 0.369 e. The predicted octanol–water partition coefficient (Wildman–Crippen LogP) is 3.36. The zero-order valence-corrected chi connectivity index (χ0v) is 11.8. The monoisotopic (exact) mass is 286 g/mol. The van der Waals surface area contributed by atoms with Crippen LogP contribution in [0.1, 0.15) is 11.1 Å². The van der Waals surface area contributed by atoms with Crippen LogP contribution in [0.4, 0.5) is 0 Å². The molecule has 0 heterocycles. The number of nitrogens with zero attached hydrogens (tertiary/aromatic N) is 2. The van der Waals surface area contributed by atoms with Crippen molar-refractivity contribution in [2.45, 2.75) is 13.1 Å². The lowest BCUT2D eigenvalue weighted by Crippen LogP contribution is -2.19. The van der Waals surface area contributed by atoms with Crippen molar-refractivity contribution < 1.29 is 9.46 Å². The highest BCUT2D eigenvalue weighted by Gasteiger charge is 2.28. The van der Waals surface area contributed by atoms with Crippen molar-refractivity contribution in [1.82, 2.24) is 4.67 Å². The quantitative estimate of drug-likeness (QED) is 0.856. The van der Waals surface area contributed by atoms with Gasteiger partial charge in [-0.1, -0.05) is 60.7 Å². The maximum absolute atomic E-state index is 12.0. The summed E-state index contributed by atoms with van der Waals surface area (Å²) in [6.45, 7) is 0.522. The van der Waals surface area contributed by atoms with Gasteiger partial charge in [0.25, 0.3) is 0 Å². The van der Waals surface area contributed by atoms with E-state index in [4.69, 9.17) is 5.26 Å². The zero-order valence-electron chi connectivity index (χ0n) is 10.9. The Balaban J connectivity index is 2.22. The Hall–Kier alpha value is -1.92. The van der Waals surface area contributed by atoms with Gasteiger partial charge in [-0.15, -0.1) is 0 Å². The molecule has 0 aliphatic carbocycles. The molecule has 1 unspecified atom stereocenters. The summed E-state index contributed by atoms with van der Waals surface area (Å²) in [4.78, 5) is 9.83. The SMILES string of the molecule is N#CP(=O)(O)N(Cc1ccccc1)Cc1ccccc1. The Labute approximate surface area is 118 Å². The Morgan fingerprint density at radius 2 is 1.35 bits per heavy atom. The summed E-state index contributed by atoms with van der Waals surface area (Å²) in [7, 11) is -3.98. The molecule has 0 amide bonds. The fraction of sp³-hybridized carbons (Fsp3) is 0.133. The molecule has 0 saturated heterocycles. The molecule has 1 N–H and O–H groups in total. The van der Waals surface area contributed by atoms with Crippen molar-refractivity contribution in [1.29, 1.82) is 5.26 Å². The summed E-state index contributed by atoms with van der Waals surface area (Å²) in [5, 5.41) is 8.92. The third-order valence-corrected chi connectivity index (χ3v) is 4.24. The van der Waals surface area contributed by atoms with Crippen LogP contribution in [0, 0.1) is 11.1 Å². The first-order chi connectivity index (χ1) is 9.62. The molecule has 2 aromatic rings. The van der Waals surface area contributed by atoms with Crippen molar-refractivity contribution in [2.24, 2.45) is 0 Å². The maximum Gasteiger partial charge on any atom is 0.369 e. The zero-order chi connectivity index (χ0) is 14.4. The summed E-state index contributed by atoms with van der Waals surface area (Å²) in [5.41, 5.74) is 1.79. The van der Waals surface area contributed by atoms with E-state index in [1.807, 2.05) is 60.7 Å². The molecule has 0 aliphatic rings. The van der Waals surface area contributed by atoms with Crippen LogP contribution in [-0.2, 0) is 17.7 Å². The molecule has 0 bridgehead atoms. The van der Waals surface area contributed by atoms with Crippen LogP contribution in [-0.4, -0.2) is 9.56 Å². The van der Waals surface area contributed by atoms with E-state index in [9.17, 15) is 9.46 Å². The van der Waals surface area contributed by atoms with Gasteiger partial charge in [0.05, 0.1) is 0 Å². The molecule has 102 valence electrons. The second-order valence-corrected chi connectivity index (χ2v) is 6.29. The minimum Gasteiger partial charge on any atom is -0.323 e.